The Bertz CT molecular complexity index is 356. The highest BCUT2D eigenvalue weighted by atomic mass is 127. The molecule has 0 aliphatic carbocycles. The van der Waals surface area contributed by atoms with Gasteiger partial charge in [0.05, 0.1) is 6.61 Å². The Hall–Kier alpha value is -1.19. The van der Waals surface area contributed by atoms with E-state index >= 15 is 0 Å². The number of benzene rings is 1. The predicted molar refractivity (Wildman–Crippen MR) is 77.8 cm³/mol. The second kappa shape index (κ2) is 11.9. The maximum atomic E-state index is 9.17. The summed E-state index contributed by atoms with van der Waals surface area (Å²) in [5, 5.41) is 32.6. The van der Waals surface area contributed by atoms with Gasteiger partial charge in [0, 0.05) is 17.4 Å². The van der Waals surface area contributed by atoms with Crippen LogP contribution in [0, 0.1) is 3.57 Å². The van der Waals surface area contributed by atoms with Crippen LogP contribution in [0.3, 0.4) is 0 Å². The van der Waals surface area contributed by atoms with Crippen LogP contribution in [-0.2, 0) is 9.59 Å². The number of halogens is 1. The lowest BCUT2D eigenvalue weighted by Crippen LogP contribution is -2.01. The van der Waals surface area contributed by atoms with Crippen LogP contribution in [0.1, 0.15) is 25.5 Å². The molecule has 6 nitrogen and oxygen atoms in total. The van der Waals surface area contributed by atoms with Crippen LogP contribution in [0.5, 0.6) is 0 Å². The van der Waals surface area contributed by atoms with Crippen molar-refractivity contribution in [3.05, 3.63) is 33.4 Å². The summed E-state index contributed by atoms with van der Waals surface area (Å²) in [5.74, 6) is -1.67. The maximum Gasteiger partial charge on any atom is 0.300 e. The van der Waals surface area contributed by atoms with Crippen LogP contribution in [0.2, 0.25) is 0 Å². The van der Waals surface area contributed by atoms with Gasteiger partial charge >= 0.3 is 0 Å². The van der Waals surface area contributed by atoms with Gasteiger partial charge in [-0.05, 0) is 40.3 Å². The first-order valence-electron chi connectivity index (χ1n) is 5.14. The molecule has 0 saturated heterocycles. The molecule has 0 bridgehead atoms. The number of carboxylic acids is 2. The lowest BCUT2D eigenvalue weighted by molar-refractivity contribution is -0.135. The molecule has 0 saturated carbocycles. The van der Waals surface area contributed by atoms with Gasteiger partial charge in [-0.3, -0.25) is 9.59 Å². The Kier molecular flexibility index (Phi) is 12.6. The normalized spacial score (nSPS) is 10.2. The fraction of sp³-hybridized carbons (Fsp3) is 0.333. The second-order valence-corrected chi connectivity index (χ2v) is 4.53. The molecular weight excluding hydrogens is 367 g/mol. The van der Waals surface area contributed by atoms with Crippen LogP contribution in [0.25, 0.3) is 0 Å². The molecule has 4 N–H and O–H groups in total. The van der Waals surface area contributed by atoms with E-state index in [0.717, 1.165) is 23.0 Å². The summed E-state index contributed by atoms with van der Waals surface area (Å²) < 4.78 is 1.12. The molecule has 0 aliphatic heterocycles. The van der Waals surface area contributed by atoms with Crippen molar-refractivity contribution in [1.82, 2.24) is 0 Å². The smallest absolute Gasteiger partial charge is 0.300 e. The van der Waals surface area contributed by atoms with E-state index < -0.39 is 18.0 Å². The molecule has 0 radical (unpaired) electrons. The van der Waals surface area contributed by atoms with Crippen LogP contribution in [0.4, 0.5) is 0 Å². The summed E-state index contributed by atoms with van der Waals surface area (Å²) in [6, 6.07) is 7.41. The summed E-state index contributed by atoms with van der Waals surface area (Å²) >= 11 is 2.19. The molecule has 1 aromatic rings. The van der Waals surface area contributed by atoms with Crippen LogP contribution in [-0.4, -0.2) is 39.0 Å². The molecule has 0 amide bonds. The summed E-state index contributed by atoms with van der Waals surface area (Å²) in [6.07, 6.45) is -0.744. The molecular formula is C12H17IO6. The van der Waals surface area contributed by atoms with E-state index in [1.807, 2.05) is 24.3 Å². The fourth-order valence-corrected chi connectivity index (χ4v) is 1.15. The Labute approximate surface area is 124 Å². The topological polar surface area (TPSA) is 115 Å². The summed E-state index contributed by atoms with van der Waals surface area (Å²) in [4.78, 5) is 18.0. The van der Waals surface area contributed by atoms with Crippen molar-refractivity contribution in [2.75, 3.05) is 6.61 Å². The van der Waals surface area contributed by atoms with Crippen molar-refractivity contribution in [3.8, 4) is 0 Å². The highest BCUT2D eigenvalue weighted by molar-refractivity contribution is 14.1. The number of aliphatic hydroxyl groups excluding tert-OH is 2. The molecule has 1 rings (SSSR count). The quantitative estimate of drug-likeness (QED) is 0.575. The third kappa shape index (κ3) is 16.8. The van der Waals surface area contributed by atoms with Gasteiger partial charge in [0.15, 0.2) is 0 Å². The molecule has 1 aromatic carbocycles. The SMILES string of the molecule is CC(=O)O.CC(=O)O.OC[C@@H](O)c1ccc(I)cc1. The lowest BCUT2D eigenvalue weighted by atomic mass is 10.1. The standard InChI is InChI=1S/C8H9IO2.2C2H4O2/c9-7-3-1-6(2-4-7)8(11)5-10;2*1-2(3)4/h1-4,8,10-11H,5H2;2*1H3,(H,3,4)/t8-;;/m1../s1. The van der Waals surface area contributed by atoms with Gasteiger partial charge in [-0.25, -0.2) is 0 Å². The minimum absolute atomic E-state index is 0.222. The largest absolute Gasteiger partial charge is 0.481 e. The molecule has 0 fully saturated rings. The van der Waals surface area contributed by atoms with Gasteiger partial charge in [0.2, 0.25) is 0 Å². The third-order valence-electron chi connectivity index (χ3n) is 1.43. The number of aliphatic hydroxyl groups is 2. The van der Waals surface area contributed by atoms with Crippen molar-refractivity contribution in [2.45, 2.75) is 20.0 Å². The van der Waals surface area contributed by atoms with Crippen molar-refractivity contribution >= 4 is 34.5 Å². The summed E-state index contributed by atoms with van der Waals surface area (Å²) in [5.41, 5.74) is 0.757. The molecule has 0 unspecified atom stereocenters. The number of carbonyl (C=O) groups is 2. The van der Waals surface area contributed by atoms with Gasteiger partial charge in [0.1, 0.15) is 6.10 Å². The number of hydrogen-bond donors (Lipinski definition) is 4. The highest BCUT2D eigenvalue weighted by Gasteiger charge is 2.03. The van der Waals surface area contributed by atoms with Crippen molar-refractivity contribution in [2.24, 2.45) is 0 Å². The van der Waals surface area contributed by atoms with Crippen molar-refractivity contribution < 1.29 is 30.0 Å². The van der Waals surface area contributed by atoms with Crippen LogP contribution >= 0.6 is 22.6 Å². The highest BCUT2D eigenvalue weighted by Crippen LogP contribution is 2.13. The number of rotatable bonds is 2. The number of hydrogen-bond acceptors (Lipinski definition) is 4. The van der Waals surface area contributed by atoms with E-state index in [1.54, 1.807) is 0 Å². The van der Waals surface area contributed by atoms with E-state index in [0.29, 0.717) is 0 Å². The summed E-state index contributed by atoms with van der Waals surface area (Å²) in [7, 11) is 0. The van der Waals surface area contributed by atoms with Gasteiger partial charge in [-0.1, -0.05) is 12.1 Å². The Morgan fingerprint density at radius 3 is 1.68 bits per heavy atom. The Balaban J connectivity index is 0. The molecule has 0 spiro atoms. The molecule has 7 heteroatoms. The van der Waals surface area contributed by atoms with Crippen LogP contribution in [0.15, 0.2) is 24.3 Å². The molecule has 108 valence electrons. The minimum atomic E-state index is -0.833. The molecule has 1 atom stereocenters. The first kappa shape index (κ1) is 20.1. The number of aliphatic carboxylic acids is 2. The number of carboxylic acid groups (broad SMARTS) is 2. The van der Waals surface area contributed by atoms with Gasteiger partial charge in [-0.15, -0.1) is 0 Å². The average molecular weight is 384 g/mol. The second-order valence-electron chi connectivity index (χ2n) is 3.29. The van der Waals surface area contributed by atoms with E-state index in [2.05, 4.69) is 22.6 Å². The predicted octanol–water partition coefficient (Wildman–Crippen LogP) is 1.50. The van der Waals surface area contributed by atoms with E-state index in [4.69, 9.17) is 30.0 Å². The molecule has 0 aromatic heterocycles. The summed E-state index contributed by atoms with van der Waals surface area (Å²) in [6.45, 7) is 1.95. The van der Waals surface area contributed by atoms with Gasteiger partial charge < -0.3 is 20.4 Å². The van der Waals surface area contributed by atoms with Gasteiger partial charge in [-0.2, -0.15) is 0 Å². The van der Waals surface area contributed by atoms with E-state index in [1.165, 1.54) is 0 Å². The van der Waals surface area contributed by atoms with Crippen LogP contribution < -0.4 is 0 Å². The zero-order chi connectivity index (χ0) is 15.4. The van der Waals surface area contributed by atoms with E-state index in [9.17, 15) is 0 Å². The van der Waals surface area contributed by atoms with Crippen molar-refractivity contribution in [3.63, 3.8) is 0 Å². The third-order valence-corrected chi connectivity index (χ3v) is 2.15. The zero-order valence-electron chi connectivity index (χ0n) is 10.6. The first-order valence-corrected chi connectivity index (χ1v) is 6.22. The zero-order valence-corrected chi connectivity index (χ0v) is 12.7. The lowest BCUT2D eigenvalue weighted by Gasteiger charge is -2.06. The first-order chi connectivity index (χ1) is 8.70. The monoisotopic (exact) mass is 384 g/mol. The maximum absolute atomic E-state index is 9.17. The Morgan fingerprint density at radius 1 is 1.11 bits per heavy atom. The average Bonchev–Trinajstić information content (AvgIpc) is 2.27. The molecule has 0 heterocycles. The molecule has 19 heavy (non-hydrogen) atoms. The fourth-order valence-electron chi connectivity index (χ4n) is 0.790. The van der Waals surface area contributed by atoms with Gasteiger partial charge in [0.25, 0.3) is 11.9 Å². The van der Waals surface area contributed by atoms with E-state index in [-0.39, 0.29) is 6.61 Å². The van der Waals surface area contributed by atoms with Crippen molar-refractivity contribution in [1.29, 1.82) is 0 Å². The minimum Gasteiger partial charge on any atom is -0.481 e. The molecule has 0 aliphatic rings. The Morgan fingerprint density at radius 2 is 1.42 bits per heavy atom.